The molecular weight excluding hydrogens is 278 g/mol. The summed E-state index contributed by atoms with van der Waals surface area (Å²) in [6, 6.07) is 6.81. The molecule has 13 heavy (non-hydrogen) atoms. The summed E-state index contributed by atoms with van der Waals surface area (Å²) in [4.78, 5) is 10.5. The van der Waals surface area contributed by atoms with E-state index in [2.05, 4.69) is 22.6 Å². The minimum Gasteiger partial charge on any atom is -0.480 e. The van der Waals surface area contributed by atoms with Crippen LogP contribution >= 0.6 is 22.6 Å². The minimum atomic E-state index is -0.959. The van der Waals surface area contributed by atoms with Crippen LogP contribution in [0.1, 0.15) is 5.56 Å². The molecule has 1 aromatic rings. The van der Waals surface area contributed by atoms with Gasteiger partial charge in [0.15, 0.2) is 0 Å². The highest BCUT2D eigenvalue weighted by atomic mass is 124. The Kier molecular flexibility index (Phi) is 3.68. The maximum Gasteiger partial charge on any atom is 0.320 e. The zero-order chi connectivity index (χ0) is 9.84. The Labute approximate surface area is 90.1 Å². The van der Waals surface area contributed by atoms with Crippen molar-refractivity contribution in [3.63, 3.8) is 0 Å². The number of aliphatic carboxylic acids is 1. The molecule has 0 aromatic heterocycles. The predicted molar refractivity (Wildman–Crippen MR) is 58.5 cm³/mol. The van der Waals surface area contributed by atoms with Crippen molar-refractivity contribution in [3.05, 3.63) is 33.4 Å². The number of halogens is 1. The minimum absolute atomic E-state index is 0.383. The SMILES string of the molecule is N[C@H](Cc1ccccc1[124I])C(=O)O. The normalized spacial score (nSPS) is 12.5. The van der Waals surface area contributed by atoms with Crippen molar-refractivity contribution in [2.75, 3.05) is 0 Å². The highest BCUT2D eigenvalue weighted by Crippen LogP contribution is 2.12. The standard InChI is InChI=1S/C9H10INO2/c10-7-4-2-1-3-6(7)5-8(11)9(12)13/h1-4,8H,5,11H2,(H,12,13)/t8-/m1/s1/i10-3. The van der Waals surface area contributed by atoms with Crippen molar-refractivity contribution in [2.24, 2.45) is 5.73 Å². The summed E-state index contributed by atoms with van der Waals surface area (Å²) in [6.07, 6.45) is 0.383. The van der Waals surface area contributed by atoms with E-state index in [1.807, 2.05) is 24.3 Å². The van der Waals surface area contributed by atoms with Gasteiger partial charge in [0.2, 0.25) is 0 Å². The van der Waals surface area contributed by atoms with Crippen LogP contribution in [0.2, 0.25) is 0 Å². The molecule has 70 valence electrons. The third kappa shape index (κ3) is 2.96. The predicted octanol–water partition coefficient (Wildman–Crippen LogP) is 1.25. The lowest BCUT2D eigenvalue weighted by Crippen LogP contribution is -2.32. The Hall–Kier alpha value is -0.620. The van der Waals surface area contributed by atoms with Crippen LogP contribution in [0, 0.1) is 3.57 Å². The molecule has 0 fully saturated rings. The molecule has 0 aliphatic heterocycles. The topological polar surface area (TPSA) is 63.3 Å². The smallest absolute Gasteiger partial charge is 0.320 e. The summed E-state index contributed by atoms with van der Waals surface area (Å²) in [5.74, 6) is -0.959. The summed E-state index contributed by atoms with van der Waals surface area (Å²) in [7, 11) is 0. The number of hydrogen-bond donors (Lipinski definition) is 2. The van der Waals surface area contributed by atoms with Crippen molar-refractivity contribution < 1.29 is 9.90 Å². The van der Waals surface area contributed by atoms with Crippen LogP contribution in [-0.4, -0.2) is 17.1 Å². The fourth-order valence-electron chi connectivity index (χ4n) is 0.988. The molecule has 3 N–H and O–H groups in total. The lowest BCUT2D eigenvalue weighted by atomic mass is 10.1. The van der Waals surface area contributed by atoms with E-state index in [-0.39, 0.29) is 0 Å². The Balaban J connectivity index is 2.74. The molecule has 0 aliphatic carbocycles. The van der Waals surface area contributed by atoms with Crippen molar-refractivity contribution in [1.29, 1.82) is 0 Å². The molecular formula is C9H10INO2. The second-order valence-corrected chi connectivity index (χ2v) is 3.90. The largest absolute Gasteiger partial charge is 0.480 e. The number of nitrogens with two attached hydrogens (primary N) is 1. The van der Waals surface area contributed by atoms with Gasteiger partial charge < -0.3 is 10.8 Å². The summed E-state index contributed by atoms with van der Waals surface area (Å²) in [6.45, 7) is 0. The Morgan fingerprint density at radius 1 is 1.54 bits per heavy atom. The zero-order valence-corrected chi connectivity index (χ0v) is 9.06. The van der Waals surface area contributed by atoms with E-state index in [1.165, 1.54) is 0 Å². The van der Waals surface area contributed by atoms with Crippen LogP contribution in [0.25, 0.3) is 0 Å². The molecule has 4 heteroatoms. The second kappa shape index (κ2) is 4.57. The lowest BCUT2D eigenvalue weighted by Gasteiger charge is -2.07. The van der Waals surface area contributed by atoms with Crippen molar-refractivity contribution in [2.45, 2.75) is 12.5 Å². The van der Waals surface area contributed by atoms with E-state index < -0.39 is 12.0 Å². The lowest BCUT2D eigenvalue weighted by molar-refractivity contribution is -0.138. The highest BCUT2D eigenvalue weighted by molar-refractivity contribution is 14.1. The monoisotopic (exact) mass is 288 g/mol. The van der Waals surface area contributed by atoms with Gasteiger partial charge in [-0.3, -0.25) is 4.79 Å². The zero-order valence-electron chi connectivity index (χ0n) is 6.90. The van der Waals surface area contributed by atoms with E-state index in [1.54, 1.807) is 0 Å². The van der Waals surface area contributed by atoms with Crippen molar-refractivity contribution in [3.8, 4) is 0 Å². The molecule has 0 radical (unpaired) electrons. The summed E-state index contributed by atoms with van der Waals surface area (Å²) >= 11 is 2.17. The molecule has 0 saturated carbocycles. The molecule has 3 nitrogen and oxygen atoms in total. The van der Waals surface area contributed by atoms with Gasteiger partial charge in [-0.25, -0.2) is 0 Å². The van der Waals surface area contributed by atoms with E-state index >= 15 is 0 Å². The quantitative estimate of drug-likeness (QED) is 0.823. The molecule has 0 spiro atoms. The first kappa shape index (κ1) is 10.5. The Morgan fingerprint density at radius 3 is 2.69 bits per heavy atom. The fourth-order valence-corrected chi connectivity index (χ4v) is 1.60. The van der Waals surface area contributed by atoms with E-state index in [0.717, 1.165) is 9.13 Å². The third-order valence-corrected chi connectivity index (χ3v) is 2.77. The maximum absolute atomic E-state index is 10.5. The number of rotatable bonds is 3. The van der Waals surface area contributed by atoms with Crippen LogP contribution in [0.3, 0.4) is 0 Å². The first-order valence-electron chi connectivity index (χ1n) is 3.83. The van der Waals surface area contributed by atoms with E-state index in [0.29, 0.717) is 6.42 Å². The first-order valence-corrected chi connectivity index (χ1v) is 4.91. The van der Waals surface area contributed by atoms with Crippen LogP contribution in [-0.2, 0) is 11.2 Å². The summed E-state index contributed by atoms with van der Waals surface area (Å²) in [5.41, 5.74) is 6.40. The van der Waals surface area contributed by atoms with E-state index in [9.17, 15) is 4.79 Å². The fraction of sp³-hybridized carbons (Fsp3) is 0.222. The van der Waals surface area contributed by atoms with Gasteiger partial charge in [0.05, 0.1) is 0 Å². The van der Waals surface area contributed by atoms with E-state index in [4.69, 9.17) is 10.8 Å². The Morgan fingerprint density at radius 2 is 2.15 bits per heavy atom. The van der Waals surface area contributed by atoms with Gasteiger partial charge in [-0.15, -0.1) is 0 Å². The second-order valence-electron chi connectivity index (χ2n) is 2.74. The maximum atomic E-state index is 10.5. The summed E-state index contributed by atoms with van der Waals surface area (Å²) < 4.78 is 1.05. The molecule has 0 saturated heterocycles. The average molecular weight is 288 g/mol. The molecule has 0 heterocycles. The molecule has 0 unspecified atom stereocenters. The molecule has 0 amide bonds. The van der Waals surface area contributed by atoms with Crippen LogP contribution < -0.4 is 5.73 Å². The average Bonchev–Trinajstić information content (AvgIpc) is 2.08. The number of carboxylic acid groups (broad SMARTS) is 1. The number of hydrogen-bond acceptors (Lipinski definition) is 2. The molecule has 1 atom stereocenters. The van der Waals surface area contributed by atoms with Gasteiger partial charge in [0.25, 0.3) is 0 Å². The van der Waals surface area contributed by atoms with Crippen molar-refractivity contribution in [1.82, 2.24) is 0 Å². The van der Waals surface area contributed by atoms with Gasteiger partial charge in [0, 0.05) is 3.57 Å². The van der Waals surface area contributed by atoms with Gasteiger partial charge in [-0.2, -0.15) is 0 Å². The molecule has 1 rings (SSSR count). The van der Waals surface area contributed by atoms with Crippen LogP contribution in [0.4, 0.5) is 0 Å². The number of benzene rings is 1. The number of carbonyl (C=O) groups is 1. The number of carboxylic acids is 1. The van der Waals surface area contributed by atoms with Gasteiger partial charge in [-0.1, -0.05) is 18.2 Å². The molecule has 0 aliphatic rings. The summed E-state index contributed by atoms with van der Waals surface area (Å²) in [5, 5.41) is 8.61. The highest BCUT2D eigenvalue weighted by Gasteiger charge is 2.12. The third-order valence-electron chi connectivity index (χ3n) is 1.71. The van der Waals surface area contributed by atoms with Gasteiger partial charge in [0.1, 0.15) is 6.04 Å². The van der Waals surface area contributed by atoms with Crippen LogP contribution in [0.5, 0.6) is 0 Å². The Bertz CT molecular complexity index is 314. The van der Waals surface area contributed by atoms with Crippen molar-refractivity contribution >= 4 is 28.6 Å². The van der Waals surface area contributed by atoms with Gasteiger partial charge in [-0.05, 0) is 40.6 Å². The molecule has 0 bridgehead atoms. The van der Waals surface area contributed by atoms with Crippen LogP contribution in [0.15, 0.2) is 24.3 Å². The first-order chi connectivity index (χ1) is 6.11. The van der Waals surface area contributed by atoms with Gasteiger partial charge >= 0.3 is 5.97 Å². The molecule has 1 aromatic carbocycles.